The van der Waals surface area contributed by atoms with E-state index in [4.69, 9.17) is 0 Å². The number of amides is 1. The van der Waals surface area contributed by atoms with Crippen LogP contribution in [-0.2, 0) is 12.7 Å². The Morgan fingerprint density at radius 3 is 2.29 bits per heavy atom. The highest BCUT2D eigenvalue weighted by atomic mass is 19.4. The molecule has 0 unspecified atom stereocenters. The first-order valence-corrected chi connectivity index (χ1v) is 8.25. The number of aromatic nitrogens is 1. The Hall–Kier alpha value is -3.42. The monoisotopic (exact) mass is 389 g/mol. The van der Waals surface area contributed by atoms with Crippen LogP contribution in [0, 0.1) is 5.82 Å². The first kappa shape index (κ1) is 19.3. The smallest absolute Gasteiger partial charge is 0.366 e. The van der Waals surface area contributed by atoms with E-state index in [9.17, 15) is 22.4 Å². The summed E-state index contributed by atoms with van der Waals surface area (Å²) in [5.74, 6) is -0.395. The van der Waals surface area contributed by atoms with Crippen molar-refractivity contribution in [3.63, 3.8) is 0 Å². The average molecular weight is 389 g/mol. The molecule has 0 bridgehead atoms. The van der Waals surface area contributed by atoms with Gasteiger partial charge in [0.2, 0.25) is 0 Å². The van der Waals surface area contributed by atoms with Crippen LogP contribution >= 0.6 is 0 Å². The maximum absolute atomic E-state index is 13.6. The third kappa shape index (κ3) is 4.85. The van der Waals surface area contributed by atoms with Gasteiger partial charge in [-0.2, -0.15) is 13.2 Å². The maximum atomic E-state index is 13.6. The van der Waals surface area contributed by atoms with Crippen LogP contribution < -0.4 is 10.6 Å². The molecule has 4 nitrogen and oxygen atoms in total. The van der Waals surface area contributed by atoms with Crippen molar-refractivity contribution in [1.82, 2.24) is 4.98 Å². The van der Waals surface area contributed by atoms with Crippen molar-refractivity contribution in [2.24, 2.45) is 0 Å². The Bertz CT molecular complexity index is 954. The number of alkyl halides is 3. The van der Waals surface area contributed by atoms with Gasteiger partial charge in [0.05, 0.1) is 17.4 Å². The lowest BCUT2D eigenvalue weighted by molar-refractivity contribution is -0.137. The molecule has 1 heterocycles. The Morgan fingerprint density at radius 1 is 0.964 bits per heavy atom. The average Bonchev–Trinajstić information content (AvgIpc) is 2.68. The Balaban J connectivity index is 1.59. The van der Waals surface area contributed by atoms with E-state index in [0.717, 1.165) is 24.3 Å². The lowest BCUT2D eigenvalue weighted by Gasteiger charge is -2.09. The number of carbonyl (C=O) groups is 1. The summed E-state index contributed by atoms with van der Waals surface area (Å²) < 4.78 is 51.3. The molecule has 2 aromatic carbocycles. The Labute approximate surface area is 158 Å². The van der Waals surface area contributed by atoms with Gasteiger partial charge in [0.15, 0.2) is 0 Å². The number of rotatable bonds is 5. The van der Waals surface area contributed by atoms with Gasteiger partial charge < -0.3 is 10.6 Å². The van der Waals surface area contributed by atoms with E-state index in [1.54, 1.807) is 30.3 Å². The van der Waals surface area contributed by atoms with E-state index in [-0.39, 0.29) is 17.9 Å². The van der Waals surface area contributed by atoms with Gasteiger partial charge in [-0.05, 0) is 42.5 Å². The molecule has 0 fully saturated rings. The molecule has 0 saturated carbocycles. The summed E-state index contributed by atoms with van der Waals surface area (Å²) in [6.45, 7) is 0.247. The van der Waals surface area contributed by atoms with Crippen LogP contribution in [0.2, 0.25) is 0 Å². The summed E-state index contributed by atoms with van der Waals surface area (Å²) in [4.78, 5) is 16.3. The molecule has 2 N–H and O–H groups in total. The van der Waals surface area contributed by atoms with Gasteiger partial charge >= 0.3 is 6.18 Å². The second-order valence-corrected chi connectivity index (χ2v) is 5.91. The number of nitrogens with zero attached hydrogens (tertiary/aromatic N) is 1. The fourth-order valence-electron chi connectivity index (χ4n) is 2.41. The molecular formula is C20H15F4N3O. The highest BCUT2D eigenvalue weighted by Crippen LogP contribution is 2.29. The van der Waals surface area contributed by atoms with E-state index < -0.39 is 17.6 Å². The molecule has 0 aliphatic rings. The quantitative estimate of drug-likeness (QED) is 0.597. The van der Waals surface area contributed by atoms with Crippen LogP contribution in [0.5, 0.6) is 0 Å². The molecule has 3 rings (SSSR count). The van der Waals surface area contributed by atoms with E-state index in [1.165, 1.54) is 12.3 Å². The van der Waals surface area contributed by atoms with E-state index in [1.807, 2.05) is 0 Å². The number of halogens is 4. The fourth-order valence-corrected chi connectivity index (χ4v) is 2.41. The highest BCUT2D eigenvalue weighted by Gasteiger charge is 2.30. The predicted molar refractivity (Wildman–Crippen MR) is 97.4 cm³/mol. The van der Waals surface area contributed by atoms with Crippen molar-refractivity contribution < 1.29 is 22.4 Å². The molecule has 1 aromatic heterocycles. The lowest BCUT2D eigenvalue weighted by Crippen LogP contribution is -2.13. The molecule has 28 heavy (non-hydrogen) atoms. The lowest BCUT2D eigenvalue weighted by atomic mass is 10.1. The van der Waals surface area contributed by atoms with Crippen molar-refractivity contribution in [3.05, 3.63) is 89.4 Å². The molecule has 0 aliphatic heterocycles. The third-order valence-corrected chi connectivity index (χ3v) is 3.91. The summed E-state index contributed by atoms with van der Waals surface area (Å²) >= 11 is 0. The van der Waals surface area contributed by atoms with Crippen LogP contribution in [-0.4, -0.2) is 10.9 Å². The molecule has 144 valence electrons. The first-order chi connectivity index (χ1) is 13.3. The topological polar surface area (TPSA) is 54.0 Å². The van der Waals surface area contributed by atoms with Crippen LogP contribution in [0.15, 0.2) is 66.9 Å². The Morgan fingerprint density at radius 2 is 1.68 bits per heavy atom. The maximum Gasteiger partial charge on any atom is 0.416 e. The molecule has 0 radical (unpaired) electrons. The zero-order valence-electron chi connectivity index (χ0n) is 14.4. The largest absolute Gasteiger partial charge is 0.416 e. The molecule has 0 atom stereocenters. The molecule has 8 heteroatoms. The van der Waals surface area contributed by atoms with E-state index >= 15 is 0 Å². The molecule has 3 aromatic rings. The number of hydrogen-bond donors (Lipinski definition) is 2. The summed E-state index contributed by atoms with van der Waals surface area (Å²) in [5.41, 5.74) is 0.135. The first-order valence-electron chi connectivity index (χ1n) is 8.25. The minimum atomic E-state index is -4.45. The molecule has 0 aliphatic carbocycles. The second-order valence-electron chi connectivity index (χ2n) is 5.91. The molecule has 1 amide bonds. The molecule has 0 spiro atoms. The van der Waals surface area contributed by atoms with Crippen LogP contribution in [0.25, 0.3) is 0 Å². The zero-order chi connectivity index (χ0) is 20.1. The van der Waals surface area contributed by atoms with Gasteiger partial charge in [-0.3, -0.25) is 4.79 Å². The summed E-state index contributed by atoms with van der Waals surface area (Å²) in [6, 6.07) is 13.4. The summed E-state index contributed by atoms with van der Waals surface area (Å²) in [5, 5.41) is 5.52. The normalized spacial score (nSPS) is 11.1. The van der Waals surface area contributed by atoms with E-state index in [0.29, 0.717) is 17.1 Å². The third-order valence-electron chi connectivity index (χ3n) is 3.91. The minimum Gasteiger partial charge on any atom is -0.366 e. The molecular weight excluding hydrogens is 374 g/mol. The van der Waals surface area contributed by atoms with E-state index in [2.05, 4.69) is 15.6 Å². The van der Waals surface area contributed by atoms with Crippen LogP contribution in [0.3, 0.4) is 0 Å². The number of benzene rings is 2. The number of pyridine rings is 1. The highest BCUT2D eigenvalue weighted by molar-refractivity contribution is 6.04. The number of anilines is 2. The second kappa shape index (κ2) is 8.08. The van der Waals surface area contributed by atoms with Gasteiger partial charge in [-0.25, -0.2) is 9.37 Å². The van der Waals surface area contributed by atoms with Gasteiger partial charge in [0, 0.05) is 17.7 Å². The predicted octanol–water partition coefficient (Wildman–Crippen LogP) is 5.10. The van der Waals surface area contributed by atoms with Gasteiger partial charge in [0.25, 0.3) is 5.91 Å². The standard InChI is InChI=1S/C20H15F4N3O/c21-17-4-2-1-3-14(17)11-25-18-10-9-16(12-26-18)27-19(28)13-5-7-15(8-6-13)20(22,23)24/h1-10,12H,11H2,(H,25,26)(H,27,28). The van der Waals surface area contributed by atoms with Crippen LogP contribution in [0.1, 0.15) is 21.5 Å². The number of nitrogens with one attached hydrogen (secondary N) is 2. The number of hydrogen-bond acceptors (Lipinski definition) is 3. The summed E-state index contributed by atoms with van der Waals surface area (Å²) in [6.07, 6.45) is -3.06. The fraction of sp³-hybridized carbons (Fsp3) is 0.100. The van der Waals surface area contributed by atoms with Crippen LogP contribution in [0.4, 0.5) is 29.1 Å². The number of carbonyl (C=O) groups excluding carboxylic acids is 1. The van der Waals surface area contributed by atoms with Gasteiger partial charge in [0.1, 0.15) is 11.6 Å². The zero-order valence-corrected chi connectivity index (χ0v) is 14.4. The van der Waals surface area contributed by atoms with Crippen molar-refractivity contribution in [3.8, 4) is 0 Å². The SMILES string of the molecule is O=C(Nc1ccc(NCc2ccccc2F)nc1)c1ccc(C(F)(F)F)cc1. The van der Waals surface area contributed by atoms with Crippen molar-refractivity contribution in [2.75, 3.05) is 10.6 Å². The van der Waals surface area contributed by atoms with Crippen molar-refractivity contribution in [1.29, 1.82) is 0 Å². The Kier molecular flexibility index (Phi) is 5.58. The summed E-state index contributed by atoms with van der Waals surface area (Å²) in [7, 11) is 0. The van der Waals surface area contributed by atoms with Crippen molar-refractivity contribution >= 4 is 17.4 Å². The van der Waals surface area contributed by atoms with Gasteiger partial charge in [-0.1, -0.05) is 18.2 Å². The molecule has 0 saturated heterocycles. The van der Waals surface area contributed by atoms with Crippen molar-refractivity contribution in [2.45, 2.75) is 12.7 Å². The van der Waals surface area contributed by atoms with Gasteiger partial charge in [-0.15, -0.1) is 0 Å². The minimum absolute atomic E-state index is 0.0924.